The molecule has 2 aromatic rings. The maximum absolute atomic E-state index is 12.5. The fourth-order valence-electron chi connectivity index (χ4n) is 1.95. The van der Waals surface area contributed by atoms with Crippen molar-refractivity contribution in [2.24, 2.45) is 0 Å². The zero-order chi connectivity index (χ0) is 15.5. The summed E-state index contributed by atoms with van der Waals surface area (Å²) in [6.45, 7) is 5.85. The van der Waals surface area contributed by atoms with Crippen molar-refractivity contribution in [3.8, 4) is 0 Å². The largest absolute Gasteiger partial charge is 0.598 e. The molecule has 0 aromatic heterocycles. The Labute approximate surface area is 134 Å². The third kappa shape index (κ3) is 4.24. The fraction of sp³-hybridized carbons (Fsp3) is 0.294. The quantitative estimate of drug-likeness (QED) is 0.842. The molecule has 4 heteroatoms. The summed E-state index contributed by atoms with van der Waals surface area (Å²) in [5, 5.41) is 0.671. The average Bonchev–Trinajstić information content (AvgIpc) is 2.45. The van der Waals surface area contributed by atoms with E-state index in [0.29, 0.717) is 5.02 Å². The van der Waals surface area contributed by atoms with Gasteiger partial charge in [0.1, 0.15) is 10.8 Å². The van der Waals surface area contributed by atoms with E-state index in [4.69, 9.17) is 11.6 Å². The zero-order valence-electron chi connectivity index (χ0n) is 12.5. The lowest BCUT2D eigenvalue weighted by Gasteiger charge is -2.28. The van der Waals surface area contributed by atoms with Crippen molar-refractivity contribution < 1.29 is 4.55 Å². The van der Waals surface area contributed by atoms with Crippen LogP contribution in [0.15, 0.2) is 54.6 Å². The SMILES string of the molecule is CC(C)(C)[S+]([O-])NC(c1ccccc1)c1ccccc1Cl. The van der Waals surface area contributed by atoms with Gasteiger partial charge in [-0.05, 0) is 38.0 Å². The second kappa shape index (κ2) is 6.84. The van der Waals surface area contributed by atoms with Crippen LogP contribution < -0.4 is 4.72 Å². The molecule has 112 valence electrons. The topological polar surface area (TPSA) is 35.1 Å². The average molecular weight is 322 g/mol. The van der Waals surface area contributed by atoms with E-state index in [1.165, 1.54) is 0 Å². The lowest BCUT2D eigenvalue weighted by molar-refractivity contribution is 0.536. The van der Waals surface area contributed by atoms with Gasteiger partial charge < -0.3 is 4.55 Å². The Bertz CT molecular complexity index is 583. The molecule has 0 aliphatic heterocycles. The van der Waals surface area contributed by atoms with Crippen LogP contribution in [-0.4, -0.2) is 9.30 Å². The van der Waals surface area contributed by atoms with Crippen molar-refractivity contribution in [1.82, 2.24) is 4.72 Å². The van der Waals surface area contributed by atoms with E-state index >= 15 is 0 Å². The number of halogens is 1. The van der Waals surface area contributed by atoms with E-state index in [1.807, 2.05) is 75.4 Å². The van der Waals surface area contributed by atoms with Gasteiger partial charge in [0.05, 0.1) is 0 Å². The predicted octanol–water partition coefficient (Wildman–Crippen LogP) is 4.48. The first-order chi connectivity index (χ1) is 9.89. The molecule has 2 unspecified atom stereocenters. The monoisotopic (exact) mass is 321 g/mol. The molecule has 0 saturated heterocycles. The molecule has 1 N–H and O–H groups in total. The van der Waals surface area contributed by atoms with Crippen LogP contribution in [0.2, 0.25) is 5.02 Å². The lowest BCUT2D eigenvalue weighted by Crippen LogP contribution is -2.41. The van der Waals surface area contributed by atoms with Crippen molar-refractivity contribution in [3.63, 3.8) is 0 Å². The van der Waals surface area contributed by atoms with Gasteiger partial charge >= 0.3 is 0 Å². The second-order valence-corrected chi connectivity index (χ2v) is 8.27. The molecule has 0 bridgehead atoms. The molecule has 0 aliphatic rings. The second-order valence-electron chi connectivity index (χ2n) is 5.86. The molecule has 2 nitrogen and oxygen atoms in total. The van der Waals surface area contributed by atoms with Crippen molar-refractivity contribution >= 4 is 23.0 Å². The maximum Gasteiger partial charge on any atom is 0.136 e. The van der Waals surface area contributed by atoms with Gasteiger partial charge in [-0.3, -0.25) is 0 Å². The third-order valence-electron chi connectivity index (χ3n) is 3.13. The van der Waals surface area contributed by atoms with Crippen molar-refractivity contribution in [2.45, 2.75) is 31.6 Å². The van der Waals surface area contributed by atoms with E-state index < -0.39 is 11.4 Å². The first kappa shape index (κ1) is 16.4. The van der Waals surface area contributed by atoms with E-state index in [0.717, 1.165) is 11.1 Å². The Morgan fingerprint density at radius 2 is 1.57 bits per heavy atom. The van der Waals surface area contributed by atoms with Crippen LogP contribution in [0.3, 0.4) is 0 Å². The summed E-state index contributed by atoms with van der Waals surface area (Å²) < 4.78 is 15.4. The molecule has 2 rings (SSSR count). The number of nitrogens with one attached hydrogen (secondary N) is 1. The van der Waals surface area contributed by atoms with Gasteiger partial charge in [-0.15, -0.1) is 4.72 Å². The standard InChI is InChI=1S/C17H20ClNOS/c1-17(2,3)21(20)19-16(13-9-5-4-6-10-13)14-11-7-8-12-15(14)18/h4-12,16,19H,1-3H3. The Balaban J connectivity index is 2.39. The molecule has 2 atom stereocenters. The molecule has 0 fully saturated rings. The molecule has 0 saturated carbocycles. The van der Waals surface area contributed by atoms with Gasteiger partial charge in [0.25, 0.3) is 0 Å². The Morgan fingerprint density at radius 1 is 1.00 bits per heavy atom. The van der Waals surface area contributed by atoms with Gasteiger partial charge in [0.15, 0.2) is 0 Å². The fourth-order valence-corrected chi connectivity index (χ4v) is 3.03. The van der Waals surface area contributed by atoms with Crippen LogP contribution in [0, 0.1) is 0 Å². The first-order valence-electron chi connectivity index (χ1n) is 6.87. The molecule has 0 aliphatic carbocycles. The van der Waals surface area contributed by atoms with E-state index in [9.17, 15) is 4.55 Å². The Morgan fingerprint density at radius 3 is 2.14 bits per heavy atom. The van der Waals surface area contributed by atoms with Gasteiger partial charge in [-0.1, -0.05) is 60.1 Å². The molecular formula is C17H20ClNOS. The molecule has 0 radical (unpaired) electrons. The molecule has 0 heterocycles. The first-order valence-corrected chi connectivity index (χ1v) is 8.40. The number of hydrogen-bond acceptors (Lipinski definition) is 2. The zero-order valence-corrected chi connectivity index (χ0v) is 14.0. The number of benzene rings is 2. The van der Waals surface area contributed by atoms with Gasteiger partial charge in [0.2, 0.25) is 0 Å². The van der Waals surface area contributed by atoms with E-state index in [2.05, 4.69) is 4.72 Å². The minimum atomic E-state index is -1.19. The Kier molecular flexibility index (Phi) is 5.33. The normalized spacial score (nSPS) is 14.7. The summed E-state index contributed by atoms with van der Waals surface area (Å²) in [5.41, 5.74) is 1.98. The van der Waals surface area contributed by atoms with Crippen molar-refractivity contribution in [1.29, 1.82) is 0 Å². The highest BCUT2D eigenvalue weighted by Gasteiger charge is 2.31. The molecule has 21 heavy (non-hydrogen) atoms. The summed E-state index contributed by atoms with van der Waals surface area (Å²) in [5.74, 6) is 0. The predicted molar refractivity (Wildman–Crippen MR) is 90.8 cm³/mol. The summed E-state index contributed by atoms with van der Waals surface area (Å²) in [6, 6.07) is 17.4. The van der Waals surface area contributed by atoms with Crippen LogP contribution in [0.5, 0.6) is 0 Å². The molecule has 0 spiro atoms. The van der Waals surface area contributed by atoms with Crippen LogP contribution in [0.4, 0.5) is 0 Å². The summed E-state index contributed by atoms with van der Waals surface area (Å²) >= 11 is 5.14. The highest BCUT2D eigenvalue weighted by Crippen LogP contribution is 2.30. The number of hydrogen-bond donors (Lipinski definition) is 1. The van der Waals surface area contributed by atoms with E-state index in [-0.39, 0.29) is 10.8 Å². The minimum Gasteiger partial charge on any atom is -0.598 e. The Hall–Kier alpha value is -1.00. The molecule has 2 aromatic carbocycles. The highest BCUT2D eigenvalue weighted by atomic mass is 35.5. The third-order valence-corrected chi connectivity index (χ3v) is 5.04. The van der Waals surface area contributed by atoms with Crippen LogP contribution >= 0.6 is 11.6 Å². The van der Waals surface area contributed by atoms with Crippen molar-refractivity contribution in [2.75, 3.05) is 0 Å². The van der Waals surface area contributed by atoms with Gasteiger partial charge in [-0.25, -0.2) is 0 Å². The number of rotatable bonds is 4. The smallest absolute Gasteiger partial charge is 0.136 e. The van der Waals surface area contributed by atoms with Crippen molar-refractivity contribution in [3.05, 3.63) is 70.7 Å². The summed E-state index contributed by atoms with van der Waals surface area (Å²) in [7, 11) is 0. The van der Waals surface area contributed by atoms with Gasteiger partial charge in [0, 0.05) is 16.4 Å². The lowest BCUT2D eigenvalue weighted by atomic mass is 10.00. The maximum atomic E-state index is 12.5. The highest BCUT2D eigenvalue weighted by molar-refractivity contribution is 7.90. The summed E-state index contributed by atoms with van der Waals surface area (Å²) in [6.07, 6.45) is 0. The molecule has 0 amide bonds. The minimum absolute atomic E-state index is 0.194. The van der Waals surface area contributed by atoms with Crippen LogP contribution in [-0.2, 0) is 11.4 Å². The van der Waals surface area contributed by atoms with E-state index in [1.54, 1.807) is 0 Å². The van der Waals surface area contributed by atoms with Crippen LogP contribution in [0.25, 0.3) is 0 Å². The molecular weight excluding hydrogens is 302 g/mol. The van der Waals surface area contributed by atoms with Crippen LogP contribution in [0.1, 0.15) is 37.9 Å². The summed E-state index contributed by atoms with van der Waals surface area (Å²) in [4.78, 5) is 0. The van der Waals surface area contributed by atoms with Gasteiger partial charge in [-0.2, -0.15) is 0 Å².